The molecule has 0 aliphatic carbocycles. The maximum Gasteiger partial charge on any atom is 0.236 e. The first-order chi connectivity index (χ1) is 7.09. The minimum atomic E-state index is -0.506. The van der Waals surface area contributed by atoms with Gasteiger partial charge in [0.25, 0.3) is 0 Å². The molecule has 0 bridgehead atoms. The highest BCUT2D eigenvalue weighted by molar-refractivity contribution is 5.83. The number of hydrogen-bond donors (Lipinski definition) is 3. The summed E-state index contributed by atoms with van der Waals surface area (Å²) in [5.41, 5.74) is 4.93. The molecule has 1 saturated heterocycles. The van der Waals surface area contributed by atoms with Gasteiger partial charge in [0, 0.05) is 12.5 Å². The van der Waals surface area contributed by atoms with Gasteiger partial charge in [0.1, 0.15) is 0 Å². The van der Waals surface area contributed by atoms with Gasteiger partial charge in [0.05, 0.1) is 6.54 Å². The van der Waals surface area contributed by atoms with Gasteiger partial charge >= 0.3 is 0 Å². The van der Waals surface area contributed by atoms with Crippen molar-refractivity contribution in [2.75, 3.05) is 13.1 Å². The van der Waals surface area contributed by atoms with Crippen LogP contribution in [0.25, 0.3) is 0 Å². The summed E-state index contributed by atoms with van der Waals surface area (Å²) >= 11 is 0. The molecule has 0 aromatic carbocycles. The Morgan fingerprint density at radius 2 is 2.27 bits per heavy atom. The summed E-state index contributed by atoms with van der Waals surface area (Å²) in [4.78, 5) is 21.9. The molecule has 2 amide bonds. The molecule has 5 heteroatoms. The molecule has 1 fully saturated rings. The van der Waals surface area contributed by atoms with Crippen molar-refractivity contribution in [3.8, 4) is 0 Å². The predicted molar refractivity (Wildman–Crippen MR) is 57.0 cm³/mol. The molecule has 0 saturated carbocycles. The van der Waals surface area contributed by atoms with Gasteiger partial charge in [0.15, 0.2) is 0 Å². The van der Waals surface area contributed by atoms with Crippen LogP contribution in [-0.2, 0) is 9.59 Å². The lowest BCUT2D eigenvalue weighted by molar-refractivity contribution is -0.125. The quantitative estimate of drug-likeness (QED) is 0.581. The summed E-state index contributed by atoms with van der Waals surface area (Å²) in [5.74, 6) is -0.105. The molecule has 2 unspecified atom stereocenters. The van der Waals surface area contributed by atoms with Crippen molar-refractivity contribution in [3.05, 3.63) is 0 Å². The van der Waals surface area contributed by atoms with E-state index in [2.05, 4.69) is 17.6 Å². The number of carbonyl (C=O) groups is 2. The number of amides is 2. The Bertz CT molecular complexity index is 243. The number of hydrogen-bond acceptors (Lipinski definition) is 3. The molecular weight excluding hydrogens is 194 g/mol. The molecule has 0 aromatic heterocycles. The van der Waals surface area contributed by atoms with Crippen molar-refractivity contribution in [1.29, 1.82) is 0 Å². The van der Waals surface area contributed by atoms with Crippen LogP contribution in [0, 0.1) is 5.92 Å². The third kappa shape index (κ3) is 4.29. The second-order valence-corrected chi connectivity index (χ2v) is 4.13. The number of piperidine rings is 1. The summed E-state index contributed by atoms with van der Waals surface area (Å²) in [7, 11) is 0. The normalized spacial score (nSPS) is 25.9. The largest absolute Gasteiger partial charge is 0.368 e. The minimum Gasteiger partial charge on any atom is -0.368 e. The van der Waals surface area contributed by atoms with Crippen LogP contribution in [0.3, 0.4) is 0 Å². The van der Waals surface area contributed by atoms with Gasteiger partial charge in [-0.15, -0.1) is 0 Å². The fourth-order valence-electron chi connectivity index (χ4n) is 1.84. The van der Waals surface area contributed by atoms with Gasteiger partial charge in [-0.3, -0.25) is 9.59 Å². The third-order valence-corrected chi connectivity index (χ3v) is 2.79. The van der Waals surface area contributed by atoms with Crippen molar-refractivity contribution in [1.82, 2.24) is 10.6 Å². The lowest BCUT2D eigenvalue weighted by Gasteiger charge is -2.29. The van der Waals surface area contributed by atoms with Crippen LogP contribution < -0.4 is 16.4 Å². The van der Waals surface area contributed by atoms with Crippen LogP contribution in [0.15, 0.2) is 0 Å². The summed E-state index contributed by atoms with van der Waals surface area (Å²) < 4.78 is 0. The highest BCUT2D eigenvalue weighted by atomic mass is 16.2. The van der Waals surface area contributed by atoms with Gasteiger partial charge in [-0.1, -0.05) is 6.92 Å². The predicted octanol–water partition coefficient (Wildman–Crippen LogP) is -0.634. The van der Waals surface area contributed by atoms with E-state index < -0.39 is 5.91 Å². The van der Waals surface area contributed by atoms with Crippen molar-refractivity contribution >= 4 is 11.8 Å². The molecule has 0 spiro atoms. The van der Waals surface area contributed by atoms with Crippen molar-refractivity contribution in [2.45, 2.75) is 32.2 Å². The number of nitrogens with two attached hydrogens (primary N) is 1. The van der Waals surface area contributed by atoms with Gasteiger partial charge in [0.2, 0.25) is 11.8 Å². The number of carbonyl (C=O) groups excluding carboxylic acids is 2. The fraction of sp³-hybridized carbons (Fsp3) is 0.800. The van der Waals surface area contributed by atoms with Crippen LogP contribution in [-0.4, -0.2) is 30.9 Å². The zero-order valence-corrected chi connectivity index (χ0v) is 9.08. The molecule has 5 nitrogen and oxygen atoms in total. The molecule has 0 aromatic rings. The Hall–Kier alpha value is -1.10. The SMILES string of the molecule is CC1CCCNC1CC(=O)NCC(N)=O. The first-order valence-electron chi connectivity index (χ1n) is 5.38. The zero-order valence-electron chi connectivity index (χ0n) is 9.08. The lowest BCUT2D eigenvalue weighted by atomic mass is 9.90. The average Bonchev–Trinajstić information content (AvgIpc) is 2.18. The van der Waals surface area contributed by atoms with E-state index in [1.807, 2.05) is 0 Å². The van der Waals surface area contributed by atoms with Crippen LogP contribution in [0.5, 0.6) is 0 Å². The van der Waals surface area contributed by atoms with E-state index in [-0.39, 0.29) is 18.5 Å². The van der Waals surface area contributed by atoms with E-state index in [9.17, 15) is 9.59 Å². The number of rotatable bonds is 4. The molecule has 15 heavy (non-hydrogen) atoms. The Morgan fingerprint density at radius 1 is 1.53 bits per heavy atom. The Labute approximate surface area is 89.8 Å². The number of nitrogens with one attached hydrogen (secondary N) is 2. The highest BCUT2D eigenvalue weighted by Crippen LogP contribution is 2.17. The van der Waals surface area contributed by atoms with Gasteiger partial charge in [-0.05, 0) is 25.3 Å². The highest BCUT2D eigenvalue weighted by Gasteiger charge is 2.22. The van der Waals surface area contributed by atoms with E-state index in [1.54, 1.807) is 0 Å². The maximum absolute atomic E-state index is 11.4. The summed E-state index contributed by atoms with van der Waals surface area (Å²) in [6.45, 7) is 3.04. The third-order valence-electron chi connectivity index (χ3n) is 2.79. The van der Waals surface area contributed by atoms with Crippen LogP contribution in [0.4, 0.5) is 0 Å². The molecule has 1 rings (SSSR count). The van der Waals surface area contributed by atoms with E-state index in [1.165, 1.54) is 6.42 Å². The Kier molecular flexibility index (Phi) is 4.55. The second kappa shape index (κ2) is 5.70. The number of primary amides is 1. The molecule has 1 aliphatic rings. The Balaban J connectivity index is 2.26. The van der Waals surface area contributed by atoms with Gasteiger partial charge in [-0.2, -0.15) is 0 Å². The molecule has 1 aliphatic heterocycles. The first kappa shape index (κ1) is 12.0. The second-order valence-electron chi connectivity index (χ2n) is 4.13. The zero-order chi connectivity index (χ0) is 11.3. The fourth-order valence-corrected chi connectivity index (χ4v) is 1.84. The minimum absolute atomic E-state index is 0.0695. The summed E-state index contributed by atoms with van der Waals surface area (Å²) in [5, 5.41) is 5.81. The van der Waals surface area contributed by atoms with Crippen LogP contribution >= 0.6 is 0 Å². The van der Waals surface area contributed by atoms with Crippen molar-refractivity contribution < 1.29 is 9.59 Å². The first-order valence-corrected chi connectivity index (χ1v) is 5.38. The van der Waals surface area contributed by atoms with Gasteiger partial charge in [-0.25, -0.2) is 0 Å². The molecule has 86 valence electrons. The molecule has 0 radical (unpaired) electrons. The smallest absolute Gasteiger partial charge is 0.236 e. The van der Waals surface area contributed by atoms with Crippen LogP contribution in [0.2, 0.25) is 0 Å². The Morgan fingerprint density at radius 3 is 2.87 bits per heavy atom. The van der Waals surface area contributed by atoms with Crippen LogP contribution in [0.1, 0.15) is 26.2 Å². The molecular formula is C10H19N3O2. The molecule has 2 atom stereocenters. The van der Waals surface area contributed by atoms with Crippen molar-refractivity contribution in [3.63, 3.8) is 0 Å². The van der Waals surface area contributed by atoms with E-state index in [4.69, 9.17) is 5.73 Å². The lowest BCUT2D eigenvalue weighted by Crippen LogP contribution is -2.44. The van der Waals surface area contributed by atoms with Crippen molar-refractivity contribution in [2.24, 2.45) is 11.7 Å². The maximum atomic E-state index is 11.4. The van der Waals surface area contributed by atoms with Gasteiger partial charge < -0.3 is 16.4 Å². The van der Waals surface area contributed by atoms with E-state index >= 15 is 0 Å². The summed E-state index contributed by atoms with van der Waals surface area (Å²) in [6, 6.07) is 0.228. The average molecular weight is 213 g/mol. The van der Waals surface area contributed by atoms with E-state index in [0.29, 0.717) is 12.3 Å². The topological polar surface area (TPSA) is 84.2 Å². The molecule has 1 heterocycles. The molecule has 4 N–H and O–H groups in total. The summed E-state index contributed by atoms with van der Waals surface area (Å²) in [6.07, 6.45) is 2.75. The standard InChI is InChI=1S/C10H19N3O2/c1-7-3-2-4-12-8(7)5-10(15)13-6-9(11)14/h7-8,12H,2-6H2,1H3,(H2,11,14)(H,13,15). The van der Waals surface area contributed by atoms with E-state index in [0.717, 1.165) is 13.0 Å². The monoisotopic (exact) mass is 213 g/mol.